The van der Waals surface area contributed by atoms with Gasteiger partial charge in [-0.1, -0.05) is 44.2 Å². The highest BCUT2D eigenvalue weighted by Crippen LogP contribution is 2.08. The SMILES string of the molecule is CC(C)CN=C(N)N1CCN(Cc2ccccc2)CC1. The van der Waals surface area contributed by atoms with Crippen LogP contribution >= 0.6 is 0 Å². The Balaban J connectivity index is 1.79. The topological polar surface area (TPSA) is 44.9 Å². The number of nitrogens with zero attached hydrogens (tertiary/aromatic N) is 3. The van der Waals surface area contributed by atoms with Gasteiger partial charge in [-0.15, -0.1) is 0 Å². The normalized spacial score (nSPS) is 17.8. The van der Waals surface area contributed by atoms with Gasteiger partial charge < -0.3 is 10.6 Å². The summed E-state index contributed by atoms with van der Waals surface area (Å²) in [7, 11) is 0. The second-order valence-electron chi connectivity index (χ2n) is 5.84. The van der Waals surface area contributed by atoms with E-state index in [4.69, 9.17) is 5.73 Å². The molecule has 4 nitrogen and oxygen atoms in total. The van der Waals surface area contributed by atoms with Gasteiger partial charge in [-0.05, 0) is 11.5 Å². The maximum Gasteiger partial charge on any atom is 0.191 e. The van der Waals surface area contributed by atoms with Crippen molar-refractivity contribution in [1.82, 2.24) is 9.80 Å². The zero-order valence-corrected chi connectivity index (χ0v) is 12.6. The molecule has 1 heterocycles. The second-order valence-corrected chi connectivity index (χ2v) is 5.84. The van der Waals surface area contributed by atoms with Crippen LogP contribution in [-0.4, -0.2) is 48.5 Å². The number of rotatable bonds is 4. The molecule has 4 heteroatoms. The Morgan fingerprint density at radius 3 is 2.40 bits per heavy atom. The van der Waals surface area contributed by atoms with Crippen LogP contribution in [0, 0.1) is 5.92 Å². The third-order valence-corrected chi connectivity index (χ3v) is 3.56. The molecule has 20 heavy (non-hydrogen) atoms. The Labute approximate surface area is 122 Å². The smallest absolute Gasteiger partial charge is 0.191 e. The van der Waals surface area contributed by atoms with Gasteiger partial charge in [-0.2, -0.15) is 0 Å². The molecule has 0 unspecified atom stereocenters. The van der Waals surface area contributed by atoms with Crippen LogP contribution in [0.2, 0.25) is 0 Å². The van der Waals surface area contributed by atoms with Gasteiger partial charge in [0.15, 0.2) is 5.96 Å². The fourth-order valence-corrected chi connectivity index (χ4v) is 2.35. The number of hydrogen-bond acceptors (Lipinski definition) is 2. The number of piperazine rings is 1. The Morgan fingerprint density at radius 2 is 1.80 bits per heavy atom. The Kier molecular flexibility index (Phi) is 5.41. The van der Waals surface area contributed by atoms with Crippen LogP contribution in [-0.2, 0) is 6.54 Å². The summed E-state index contributed by atoms with van der Waals surface area (Å²) in [5, 5.41) is 0. The fourth-order valence-electron chi connectivity index (χ4n) is 2.35. The van der Waals surface area contributed by atoms with E-state index in [-0.39, 0.29) is 0 Å². The molecule has 1 aromatic rings. The molecular formula is C16H26N4. The van der Waals surface area contributed by atoms with Crippen molar-refractivity contribution >= 4 is 5.96 Å². The molecule has 1 saturated heterocycles. The minimum atomic E-state index is 0.563. The van der Waals surface area contributed by atoms with Crippen LogP contribution in [0.25, 0.3) is 0 Å². The lowest BCUT2D eigenvalue weighted by molar-refractivity contribution is 0.174. The Bertz CT molecular complexity index is 419. The highest BCUT2D eigenvalue weighted by Gasteiger charge is 2.18. The molecule has 0 radical (unpaired) electrons. The number of nitrogens with two attached hydrogens (primary N) is 1. The van der Waals surface area contributed by atoms with Crippen LogP contribution in [0.4, 0.5) is 0 Å². The van der Waals surface area contributed by atoms with Gasteiger partial charge in [0, 0.05) is 39.3 Å². The van der Waals surface area contributed by atoms with Gasteiger partial charge in [0.25, 0.3) is 0 Å². The first-order chi connectivity index (χ1) is 9.65. The van der Waals surface area contributed by atoms with Crippen LogP contribution < -0.4 is 5.73 Å². The Morgan fingerprint density at radius 1 is 1.15 bits per heavy atom. The van der Waals surface area contributed by atoms with Crippen molar-refractivity contribution in [3.63, 3.8) is 0 Å². The molecular weight excluding hydrogens is 248 g/mol. The van der Waals surface area contributed by atoms with E-state index >= 15 is 0 Å². The second kappa shape index (κ2) is 7.29. The van der Waals surface area contributed by atoms with Crippen molar-refractivity contribution in [2.75, 3.05) is 32.7 Å². The number of guanidine groups is 1. The standard InChI is InChI=1S/C16H26N4/c1-14(2)12-18-16(17)20-10-8-19(9-11-20)13-15-6-4-3-5-7-15/h3-7,14H,8-13H2,1-2H3,(H2,17,18). The van der Waals surface area contributed by atoms with E-state index in [9.17, 15) is 0 Å². The first-order valence-electron chi connectivity index (χ1n) is 7.46. The van der Waals surface area contributed by atoms with E-state index in [0.29, 0.717) is 11.9 Å². The molecule has 0 spiro atoms. The summed E-state index contributed by atoms with van der Waals surface area (Å²) < 4.78 is 0. The molecule has 0 bridgehead atoms. The molecule has 1 aromatic carbocycles. The lowest BCUT2D eigenvalue weighted by Crippen LogP contribution is -2.50. The third-order valence-electron chi connectivity index (χ3n) is 3.56. The van der Waals surface area contributed by atoms with Crippen LogP contribution in [0.1, 0.15) is 19.4 Å². The van der Waals surface area contributed by atoms with Crippen molar-refractivity contribution in [3.05, 3.63) is 35.9 Å². The molecule has 1 fully saturated rings. The summed E-state index contributed by atoms with van der Waals surface area (Å²) in [6.45, 7) is 10.2. The van der Waals surface area contributed by atoms with Gasteiger partial charge >= 0.3 is 0 Å². The van der Waals surface area contributed by atoms with Crippen molar-refractivity contribution in [1.29, 1.82) is 0 Å². The van der Waals surface area contributed by atoms with Gasteiger partial charge in [0.2, 0.25) is 0 Å². The minimum Gasteiger partial charge on any atom is -0.370 e. The summed E-state index contributed by atoms with van der Waals surface area (Å²) in [5.74, 6) is 1.27. The largest absolute Gasteiger partial charge is 0.370 e. The minimum absolute atomic E-state index is 0.563. The van der Waals surface area contributed by atoms with Crippen molar-refractivity contribution in [2.24, 2.45) is 16.6 Å². The summed E-state index contributed by atoms with van der Waals surface area (Å²) in [6.07, 6.45) is 0. The molecule has 0 aromatic heterocycles. The predicted octanol–water partition coefficient (Wildman–Crippen LogP) is 1.77. The molecule has 2 rings (SSSR count). The van der Waals surface area contributed by atoms with E-state index in [2.05, 4.69) is 59.0 Å². The average molecular weight is 274 g/mol. The van der Waals surface area contributed by atoms with E-state index in [1.165, 1.54) is 5.56 Å². The molecule has 0 atom stereocenters. The average Bonchev–Trinajstić information content (AvgIpc) is 2.46. The maximum atomic E-state index is 6.05. The summed E-state index contributed by atoms with van der Waals surface area (Å²) in [6, 6.07) is 10.6. The summed E-state index contributed by atoms with van der Waals surface area (Å²) in [4.78, 5) is 9.13. The zero-order chi connectivity index (χ0) is 14.4. The molecule has 1 aliphatic heterocycles. The van der Waals surface area contributed by atoms with Crippen LogP contribution in [0.15, 0.2) is 35.3 Å². The molecule has 110 valence electrons. The maximum absolute atomic E-state index is 6.05. The first-order valence-corrected chi connectivity index (χ1v) is 7.46. The number of aliphatic imine (C=N–C) groups is 1. The lowest BCUT2D eigenvalue weighted by Gasteiger charge is -2.35. The van der Waals surface area contributed by atoms with Gasteiger partial charge in [-0.25, -0.2) is 0 Å². The monoisotopic (exact) mass is 274 g/mol. The first kappa shape index (κ1) is 14.9. The molecule has 0 saturated carbocycles. The van der Waals surface area contributed by atoms with Gasteiger partial charge in [0.05, 0.1) is 0 Å². The van der Waals surface area contributed by atoms with Crippen molar-refractivity contribution in [3.8, 4) is 0 Å². The quantitative estimate of drug-likeness (QED) is 0.672. The molecule has 0 amide bonds. The van der Waals surface area contributed by atoms with E-state index in [0.717, 1.165) is 39.3 Å². The van der Waals surface area contributed by atoms with Crippen molar-refractivity contribution in [2.45, 2.75) is 20.4 Å². The summed E-state index contributed by atoms with van der Waals surface area (Å²) in [5.41, 5.74) is 7.43. The summed E-state index contributed by atoms with van der Waals surface area (Å²) >= 11 is 0. The molecule has 1 aliphatic rings. The van der Waals surface area contributed by atoms with Crippen LogP contribution in [0.3, 0.4) is 0 Å². The van der Waals surface area contributed by atoms with E-state index in [1.54, 1.807) is 0 Å². The van der Waals surface area contributed by atoms with E-state index in [1.807, 2.05) is 0 Å². The third kappa shape index (κ3) is 4.53. The number of benzene rings is 1. The Hall–Kier alpha value is -1.55. The highest BCUT2D eigenvalue weighted by atomic mass is 15.3. The predicted molar refractivity (Wildman–Crippen MR) is 84.6 cm³/mol. The van der Waals surface area contributed by atoms with Crippen molar-refractivity contribution < 1.29 is 0 Å². The molecule has 2 N–H and O–H groups in total. The molecule has 0 aliphatic carbocycles. The highest BCUT2D eigenvalue weighted by molar-refractivity contribution is 5.78. The van der Waals surface area contributed by atoms with Gasteiger partial charge in [-0.3, -0.25) is 9.89 Å². The fraction of sp³-hybridized carbons (Fsp3) is 0.562. The van der Waals surface area contributed by atoms with Gasteiger partial charge in [0.1, 0.15) is 0 Å². The zero-order valence-electron chi connectivity index (χ0n) is 12.6. The number of hydrogen-bond donors (Lipinski definition) is 1. The lowest BCUT2D eigenvalue weighted by atomic mass is 10.2. The van der Waals surface area contributed by atoms with Crippen LogP contribution in [0.5, 0.6) is 0 Å². The van der Waals surface area contributed by atoms with E-state index < -0.39 is 0 Å².